The third-order valence-corrected chi connectivity index (χ3v) is 3.83. The van der Waals surface area contributed by atoms with E-state index in [1.54, 1.807) is 13.8 Å². The average molecular weight is 247 g/mol. The summed E-state index contributed by atoms with van der Waals surface area (Å²) in [6.07, 6.45) is 1.52. The van der Waals surface area contributed by atoms with Crippen LogP contribution in [0.3, 0.4) is 0 Å². The van der Waals surface area contributed by atoms with Crippen LogP contribution in [0.25, 0.3) is 0 Å². The third-order valence-electron chi connectivity index (χ3n) is 1.45. The lowest BCUT2D eigenvalue weighted by atomic mass is 10.5. The van der Waals surface area contributed by atoms with Crippen molar-refractivity contribution in [1.29, 1.82) is 0 Å². The maximum absolute atomic E-state index is 11.9. The molecule has 0 aliphatic heterocycles. The Labute approximate surface area is 93.5 Å². The number of hydrogen-bond acceptors (Lipinski definition) is 4. The van der Waals surface area contributed by atoms with Crippen molar-refractivity contribution < 1.29 is 13.6 Å². The molecule has 0 atom stereocenters. The number of hydrogen-bond donors (Lipinski definition) is 0. The SMILES string of the molecule is CCOP(=O)(/N=C/c1cccs1)OCC. The molecule has 0 spiro atoms. The van der Waals surface area contributed by atoms with Gasteiger partial charge in [-0.05, 0) is 25.3 Å². The first-order valence-corrected chi connectivity index (χ1v) is 7.06. The van der Waals surface area contributed by atoms with Crippen molar-refractivity contribution in [2.45, 2.75) is 13.8 Å². The van der Waals surface area contributed by atoms with Crippen molar-refractivity contribution in [3.05, 3.63) is 22.4 Å². The quantitative estimate of drug-likeness (QED) is 0.572. The molecule has 0 unspecified atom stereocenters. The summed E-state index contributed by atoms with van der Waals surface area (Å²) in [5, 5.41) is 1.92. The molecule has 0 saturated heterocycles. The minimum atomic E-state index is -3.28. The maximum atomic E-state index is 11.9. The molecule has 1 rings (SSSR count). The Kier molecular flexibility index (Phi) is 5.19. The molecule has 0 aromatic carbocycles. The number of thiophene rings is 1. The molecule has 1 aromatic rings. The summed E-state index contributed by atoms with van der Waals surface area (Å²) in [5.41, 5.74) is 0. The molecule has 0 fully saturated rings. The smallest absolute Gasteiger partial charge is 0.291 e. The topological polar surface area (TPSA) is 47.9 Å². The maximum Gasteiger partial charge on any atom is 0.453 e. The fourth-order valence-electron chi connectivity index (χ4n) is 0.923. The van der Waals surface area contributed by atoms with Crippen LogP contribution in [0.5, 0.6) is 0 Å². The van der Waals surface area contributed by atoms with Gasteiger partial charge in [-0.25, -0.2) is 4.57 Å². The molecule has 6 heteroatoms. The van der Waals surface area contributed by atoms with Crippen LogP contribution >= 0.6 is 19.1 Å². The Bertz CT molecular complexity index is 340. The second kappa shape index (κ2) is 6.18. The monoisotopic (exact) mass is 247 g/mol. The molecule has 0 bridgehead atoms. The Morgan fingerprint density at radius 3 is 2.60 bits per heavy atom. The van der Waals surface area contributed by atoms with Crippen LogP contribution in [0.1, 0.15) is 18.7 Å². The van der Waals surface area contributed by atoms with Gasteiger partial charge in [0.1, 0.15) is 0 Å². The lowest BCUT2D eigenvalue weighted by Gasteiger charge is -2.10. The Morgan fingerprint density at radius 1 is 1.47 bits per heavy atom. The van der Waals surface area contributed by atoms with Crippen molar-refractivity contribution >= 4 is 25.3 Å². The van der Waals surface area contributed by atoms with Crippen molar-refractivity contribution in [3.63, 3.8) is 0 Å². The first-order valence-electron chi connectivity index (χ1n) is 4.68. The van der Waals surface area contributed by atoms with Gasteiger partial charge >= 0.3 is 7.75 Å². The molecule has 84 valence electrons. The average Bonchev–Trinajstić information content (AvgIpc) is 2.68. The normalized spacial score (nSPS) is 12.4. The predicted octanol–water partition coefficient (Wildman–Crippen LogP) is 3.35. The standard InChI is InChI=1S/C9H14NO3PS/c1-3-12-14(11,13-4-2)10-8-9-6-5-7-15-9/h5-8H,3-4H2,1-2H3/b10-8+. The van der Waals surface area contributed by atoms with Crippen LogP contribution in [0.15, 0.2) is 22.3 Å². The zero-order chi connectivity index (χ0) is 11.1. The van der Waals surface area contributed by atoms with Crippen LogP contribution < -0.4 is 0 Å². The van der Waals surface area contributed by atoms with Gasteiger partial charge in [0.05, 0.1) is 19.4 Å². The molecule has 4 nitrogen and oxygen atoms in total. The fraction of sp³-hybridized carbons (Fsp3) is 0.444. The zero-order valence-corrected chi connectivity index (χ0v) is 10.5. The van der Waals surface area contributed by atoms with Gasteiger partial charge in [0.2, 0.25) is 0 Å². The highest BCUT2D eigenvalue weighted by Crippen LogP contribution is 2.49. The Balaban J connectivity index is 2.70. The number of rotatable bonds is 6. The Hall–Kier alpha value is -0.480. The van der Waals surface area contributed by atoms with Gasteiger partial charge in [-0.2, -0.15) is 4.76 Å². The molecule has 1 heterocycles. The van der Waals surface area contributed by atoms with E-state index >= 15 is 0 Å². The molecule has 0 saturated carbocycles. The van der Waals surface area contributed by atoms with E-state index in [4.69, 9.17) is 9.05 Å². The van der Waals surface area contributed by atoms with Gasteiger partial charge in [-0.1, -0.05) is 6.07 Å². The summed E-state index contributed by atoms with van der Waals surface area (Å²) in [4.78, 5) is 0.926. The second-order valence-corrected chi connectivity index (χ2v) is 5.23. The van der Waals surface area contributed by atoms with Crippen molar-refractivity contribution in [2.24, 2.45) is 4.76 Å². The molecule has 0 aliphatic rings. The van der Waals surface area contributed by atoms with E-state index in [1.807, 2.05) is 17.5 Å². The molecule has 0 radical (unpaired) electrons. The molecule has 15 heavy (non-hydrogen) atoms. The molecular weight excluding hydrogens is 233 g/mol. The van der Waals surface area contributed by atoms with Crippen molar-refractivity contribution in [1.82, 2.24) is 0 Å². The van der Waals surface area contributed by atoms with E-state index in [0.717, 1.165) is 4.88 Å². The lowest BCUT2D eigenvalue weighted by molar-refractivity contribution is 0.221. The summed E-state index contributed by atoms with van der Waals surface area (Å²) in [6, 6.07) is 3.79. The molecule has 0 N–H and O–H groups in total. The fourth-order valence-corrected chi connectivity index (χ4v) is 2.71. The summed E-state index contributed by atoms with van der Waals surface area (Å²) >= 11 is 1.52. The van der Waals surface area contributed by atoms with Gasteiger partial charge in [0.15, 0.2) is 0 Å². The highest BCUT2D eigenvalue weighted by Gasteiger charge is 2.21. The van der Waals surface area contributed by atoms with E-state index in [1.165, 1.54) is 17.6 Å². The van der Waals surface area contributed by atoms with Crippen LogP contribution in [-0.2, 0) is 13.6 Å². The zero-order valence-electron chi connectivity index (χ0n) is 8.75. The number of nitrogens with zero attached hydrogens (tertiary/aromatic N) is 1. The predicted molar refractivity (Wildman–Crippen MR) is 62.8 cm³/mol. The van der Waals surface area contributed by atoms with Gasteiger partial charge in [0.25, 0.3) is 0 Å². The van der Waals surface area contributed by atoms with Gasteiger partial charge in [-0.3, -0.25) is 9.05 Å². The van der Waals surface area contributed by atoms with E-state index in [9.17, 15) is 4.57 Å². The molecular formula is C9H14NO3PS. The van der Waals surface area contributed by atoms with Crippen LogP contribution in [-0.4, -0.2) is 19.4 Å². The lowest BCUT2D eigenvalue weighted by Crippen LogP contribution is -1.93. The molecule has 0 aliphatic carbocycles. The first kappa shape index (κ1) is 12.6. The van der Waals surface area contributed by atoms with Crippen molar-refractivity contribution in [2.75, 3.05) is 13.2 Å². The summed E-state index contributed by atoms with van der Waals surface area (Å²) in [6.45, 7) is 4.15. The Morgan fingerprint density at radius 2 is 2.13 bits per heavy atom. The van der Waals surface area contributed by atoms with E-state index < -0.39 is 7.75 Å². The minimum Gasteiger partial charge on any atom is -0.291 e. The van der Waals surface area contributed by atoms with Crippen LogP contribution in [0.2, 0.25) is 0 Å². The van der Waals surface area contributed by atoms with E-state index in [2.05, 4.69) is 4.76 Å². The van der Waals surface area contributed by atoms with Gasteiger partial charge in [0, 0.05) is 4.88 Å². The van der Waals surface area contributed by atoms with Crippen LogP contribution in [0, 0.1) is 0 Å². The summed E-state index contributed by atoms with van der Waals surface area (Å²) in [7, 11) is -3.28. The first-order chi connectivity index (χ1) is 7.20. The molecule has 1 aromatic heterocycles. The molecule has 0 amide bonds. The van der Waals surface area contributed by atoms with Crippen molar-refractivity contribution in [3.8, 4) is 0 Å². The van der Waals surface area contributed by atoms with Gasteiger partial charge < -0.3 is 0 Å². The summed E-state index contributed by atoms with van der Waals surface area (Å²) in [5.74, 6) is 0. The highest BCUT2D eigenvalue weighted by atomic mass is 32.1. The van der Waals surface area contributed by atoms with Crippen LogP contribution in [0.4, 0.5) is 0 Å². The second-order valence-electron chi connectivity index (χ2n) is 2.56. The third kappa shape index (κ3) is 4.26. The minimum absolute atomic E-state index is 0.319. The van der Waals surface area contributed by atoms with Gasteiger partial charge in [-0.15, -0.1) is 11.3 Å². The summed E-state index contributed by atoms with van der Waals surface area (Å²) < 4.78 is 25.8. The van der Waals surface area contributed by atoms with E-state index in [0.29, 0.717) is 13.2 Å². The van der Waals surface area contributed by atoms with E-state index in [-0.39, 0.29) is 0 Å². The highest BCUT2D eigenvalue weighted by molar-refractivity contribution is 7.52. The largest absolute Gasteiger partial charge is 0.453 e.